The molecule has 1 saturated heterocycles. The molecule has 0 aliphatic carbocycles. The number of rotatable bonds is 6. The van der Waals surface area contributed by atoms with Crippen molar-refractivity contribution in [1.82, 2.24) is 0 Å². The van der Waals surface area contributed by atoms with Gasteiger partial charge < -0.3 is 28.4 Å². The molecule has 1 heterocycles. The van der Waals surface area contributed by atoms with E-state index in [-0.39, 0.29) is 38.5 Å². The van der Waals surface area contributed by atoms with Crippen LogP contribution in [0.25, 0.3) is 0 Å². The van der Waals surface area contributed by atoms with Crippen LogP contribution in [0.4, 0.5) is 0 Å². The summed E-state index contributed by atoms with van der Waals surface area (Å²) >= 11 is 0. The summed E-state index contributed by atoms with van der Waals surface area (Å²) in [5.74, 6) is -3.81. The lowest BCUT2D eigenvalue weighted by molar-refractivity contribution is -0.164. The molecule has 0 bridgehead atoms. The van der Waals surface area contributed by atoms with Crippen molar-refractivity contribution >= 4 is 35.8 Å². The summed E-state index contributed by atoms with van der Waals surface area (Å²) in [4.78, 5) is 75.5. The van der Waals surface area contributed by atoms with E-state index in [9.17, 15) is 28.8 Å². The van der Waals surface area contributed by atoms with Crippen molar-refractivity contribution in [3.63, 3.8) is 0 Å². The average Bonchev–Trinajstić information content (AvgIpc) is 2.94. The van der Waals surface area contributed by atoms with E-state index >= 15 is 0 Å². The van der Waals surface area contributed by atoms with E-state index in [1.807, 2.05) is 0 Å². The van der Waals surface area contributed by atoms with Crippen molar-refractivity contribution in [2.24, 2.45) is 0 Å². The molecule has 0 aromatic carbocycles. The van der Waals surface area contributed by atoms with Crippen LogP contribution in [0, 0.1) is 0 Å². The van der Waals surface area contributed by atoms with Gasteiger partial charge in [0, 0.05) is 0 Å². The first kappa shape index (κ1) is 36.8. The third-order valence-corrected chi connectivity index (χ3v) is 6.89. The minimum Gasteiger partial charge on any atom is -0.462 e. The van der Waals surface area contributed by atoms with E-state index in [0.29, 0.717) is 38.5 Å². The predicted octanol–water partition coefficient (Wildman–Crippen LogP) is 4.27. The molecule has 12 heteroatoms. The molecule has 1 aliphatic rings. The zero-order valence-corrected chi connectivity index (χ0v) is 25.8. The van der Waals surface area contributed by atoms with Crippen LogP contribution >= 0.6 is 0 Å². The van der Waals surface area contributed by atoms with Gasteiger partial charge >= 0.3 is 35.8 Å². The van der Waals surface area contributed by atoms with E-state index in [2.05, 4.69) is 0 Å². The summed E-state index contributed by atoms with van der Waals surface area (Å²) < 4.78 is 32.7. The lowest BCUT2D eigenvalue weighted by Crippen LogP contribution is -2.31. The highest BCUT2D eigenvalue weighted by atomic mass is 16.6. The number of carbonyl (C=O) groups is 6. The summed E-state index contributed by atoms with van der Waals surface area (Å²) in [6.45, 7) is 10.5. The van der Waals surface area contributed by atoms with Crippen molar-refractivity contribution in [2.45, 2.75) is 155 Å². The maximum absolute atomic E-state index is 12.6. The Morgan fingerprint density at radius 3 is 0.548 bits per heavy atom. The molecule has 0 spiro atoms. The van der Waals surface area contributed by atoms with Crippen LogP contribution in [0.1, 0.15) is 119 Å². The summed E-state index contributed by atoms with van der Waals surface area (Å²) in [5, 5.41) is 0. The minimum absolute atomic E-state index is 0.212. The van der Waals surface area contributed by atoms with Crippen LogP contribution < -0.4 is 0 Å². The van der Waals surface area contributed by atoms with Gasteiger partial charge in [-0.05, 0) is 38.5 Å². The first-order valence-corrected chi connectivity index (χ1v) is 15.1. The maximum Gasteiger partial charge on any atom is 0.309 e. The Morgan fingerprint density at radius 2 is 0.452 bits per heavy atom. The number of carbonyl (C=O) groups excluding carboxylic acids is 6. The highest BCUT2D eigenvalue weighted by molar-refractivity contribution is 5.76. The van der Waals surface area contributed by atoms with Crippen LogP contribution in [-0.2, 0) is 57.2 Å². The van der Waals surface area contributed by atoms with Crippen molar-refractivity contribution in [2.75, 3.05) is 0 Å². The Labute approximate surface area is 248 Å². The van der Waals surface area contributed by atoms with E-state index in [1.165, 1.54) is 0 Å². The SMILES string of the molecule is CCC1CC(=O)OC(CC)CC(=O)O[C@H](CC)CC(=O)O[C@H](CC)CC(=O)O[C@H](CC)CC(=O)OC(CC)CC(=O)O1. The maximum atomic E-state index is 12.6. The predicted molar refractivity (Wildman–Crippen MR) is 149 cm³/mol. The Kier molecular flexibility index (Phi) is 17.4. The Bertz CT molecular complexity index is 667. The average molecular weight is 601 g/mol. The Balaban J connectivity index is 3.11. The van der Waals surface area contributed by atoms with Gasteiger partial charge in [-0.3, -0.25) is 28.8 Å². The van der Waals surface area contributed by atoms with Crippen LogP contribution in [0.2, 0.25) is 0 Å². The number of esters is 6. The zero-order valence-electron chi connectivity index (χ0n) is 25.8. The molecule has 3 unspecified atom stereocenters. The molecule has 12 nitrogen and oxygen atoms in total. The smallest absolute Gasteiger partial charge is 0.309 e. The number of ether oxygens (including phenoxy) is 6. The van der Waals surface area contributed by atoms with Crippen LogP contribution in [0.15, 0.2) is 0 Å². The normalized spacial score (nSPS) is 28.7. The van der Waals surface area contributed by atoms with E-state index < -0.39 is 72.4 Å². The van der Waals surface area contributed by atoms with Crippen molar-refractivity contribution in [1.29, 1.82) is 0 Å². The lowest BCUT2D eigenvalue weighted by atomic mass is 10.1. The lowest BCUT2D eigenvalue weighted by Gasteiger charge is -2.23. The summed E-state index contributed by atoms with van der Waals surface area (Å²) in [7, 11) is 0. The first-order valence-electron chi connectivity index (χ1n) is 15.1. The quantitative estimate of drug-likeness (QED) is 0.315. The molecular formula is C30H48O12. The number of hydrogen-bond acceptors (Lipinski definition) is 12. The third-order valence-electron chi connectivity index (χ3n) is 6.89. The fourth-order valence-corrected chi connectivity index (χ4v) is 4.14. The Hall–Kier alpha value is -3.18. The van der Waals surface area contributed by atoms with Gasteiger partial charge in [0.25, 0.3) is 0 Å². The summed E-state index contributed by atoms with van der Waals surface area (Å²) in [6, 6.07) is 0. The highest BCUT2D eigenvalue weighted by Gasteiger charge is 2.28. The van der Waals surface area contributed by atoms with Crippen molar-refractivity contribution < 1.29 is 57.2 Å². The standard InChI is InChI=1S/C30H48O12/c1-7-19-13-25(31)38-21(9-3)15-27(33)40-23(11-5)17-29(35)42-24(12-6)18-30(36)41-22(10-4)16-28(34)39-20(8-2)14-26(32)37-19/h19-24H,7-18H2,1-6H3/t19-,20-,21-,22?,23?,24?/m1/s1. The summed E-state index contributed by atoms with van der Waals surface area (Å²) in [6.07, 6.45) is -3.82. The van der Waals surface area contributed by atoms with E-state index in [0.717, 1.165) is 0 Å². The molecule has 1 aliphatic heterocycles. The highest BCUT2D eigenvalue weighted by Crippen LogP contribution is 2.18. The van der Waals surface area contributed by atoms with E-state index in [4.69, 9.17) is 28.4 Å². The largest absolute Gasteiger partial charge is 0.462 e. The minimum atomic E-state index is -0.764. The zero-order chi connectivity index (χ0) is 31.7. The molecule has 6 atom stereocenters. The molecule has 0 N–H and O–H groups in total. The van der Waals surface area contributed by atoms with Crippen molar-refractivity contribution in [3.8, 4) is 0 Å². The topological polar surface area (TPSA) is 158 Å². The second-order valence-electron chi connectivity index (χ2n) is 10.3. The van der Waals surface area contributed by atoms with Gasteiger partial charge in [0.15, 0.2) is 0 Å². The van der Waals surface area contributed by atoms with Gasteiger partial charge in [0.1, 0.15) is 36.6 Å². The molecule has 0 aromatic rings. The molecule has 0 aromatic heterocycles. The van der Waals surface area contributed by atoms with Crippen LogP contribution in [-0.4, -0.2) is 72.4 Å². The second-order valence-corrected chi connectivity index (χ2v) is 10.3. The fourth-order valence-electron chi connectivity index (χ4n) is 4.14. The molecule has 42 heavy (non-hydrogen) atoms. The molecule has 1 rings (SSSR count). The van der Waals surface area contributed by atoms with Gasteiger partial charge in [-0.15, -0.1) is 0 Å². The van der Waals surface area contributed by atoms with Gasteiger partial charge in [0.05, 0.1) is 38.5 Å². The molecule has 0 saturated carbocycles. The van der Waals surface area contributed by atoms with Gasteiger partial charge in [-0.2, -0.15) is 0 Å². The van der Waals surface area contributed by atoms with Gasteiger partial charge in [0.2, 0.25) is 0 Å². The monoisotopic (exact) mass is 600 g/mol. The van der Waals surface area contributed by atoms with Crippen LogP contribution in [0.5, 0.6) is 0 Å². The summed E-state index contributed by atoms with van der Waals surface area (Å²) in [5.41, 5.74) is 0. The first-order chi connectivity index (χ1) is 20.0. The molecule has 0 amide bonds. The van der Waals surface area contributed by atoms with Crippen molar-refractivity contribution in [3.05, 3.63) is 0 Å². The van der Waals surface area contributed by atoms with Crippen LogP contribution in [0.3, 0.4) is 0 Å². The fraction of sp³-hybridized carbons (Fsp3) is 0.800. The second kappa shape index (κ2) is 19.9. The molecule has 1 fully saturated rings. The molecule has 240 valence electrons. The molecular weight excluding hydrogens is 552 g/mol. The van der Waals surface area contributed by atoms with Gasteiger partial charge in [-0.25, -0.2) is 0 Å². The third kappa shape index (κ3) is 14.6. The van der Waals surface area contributed by atoms with Gasteiger partial charge in [-0.1, -0.05) is 41.5 Å². The van der Waals surface area contributed by atoms with E-state index in [1.54, 1.807) is 41.5 Å². The number of hydrogen-bond donors (Lipinski definition) is 0. The molecule has 0 radical (unpaired) electrons. The Morgan fingerprint density at radius 1 is 0.333 bits per heavy atom. The number of cyclic esters (lactones) is 6.